The molecule has 1 aliphatic heterocycles. The van der Waals surface area contributed by atoms with E-state index in [9.17, 15) is 20.4 Å². The van der Waals surface area contributed by atoms with Gasteiger partial charge in [-0.05, 0) is 0 Å². The van der Waals surface area contributed by atoms with Crippen molar-refractivity contribution in [2.24, 2.45) is 5.73 Å². The maximum Gasteiger partial charge on any atom is 0.265 e. The first-order valence-electron chi connectivity index (χ1n) is 3.85. The molecule has 1 fully saturated rings. The Hall–Kier alpha value is 0.0700. The molecule has 1 rings (SSSR count). The Balaban J connectivity index is 2.95. The average molecular weight is 227 g/mol. The molecule has 0 amide bonds. The summed E-state index contributed by atoms with van der Waals surface area (Å²) in [4.78, 5) is -2.52. The minimum atomic E-state index is -2.65. The molecule has 0 aromatic carbocycles. The van der Waals surface area contributed by atoms with Gasteiger partial charge in [0.1, 0.15) is 18.3 Å². The summed E-state index contributed by atoms with van der Waals surface area (Å²) in [6, 6.07) is 0. The topological polar surface area (TPSA) is 136 Å². The predicted octanol–water partition coefficient (Wildman–Crippen LogP) is -3.68. The van der Waals surface area contributed by atoms with Crippen LogP contribution in [0, 0.1) is 0 Å². The summed E-state index contributed by atoms with van der Waals surface area (Å²) in [6.45, 7) is -0.665. The Bertz CT molecular complexity index is 222. The summed E-state index contributed by atoms with van der Waals surface area (Å²) in [5.74, 6) is -2.65. The number of thiol groups is 1. The van der Waals surface area contributed by atoms with Crippen LogP contribution in [-0.4, -0.2) is 61.3 Å². The highest BCUT2D eigenvalue weighted by atomic mass is 32.1. The maximum absolute atomic E-state index is 9.43. The van der Waals surface area contributed by atoms with Gasteiger partial charge >= 0.3 is 0 Å². The second kappa shape index (κ2) is 3.58. The quantitative estimate of drug-likeness (QED) is 0.181. The van der Waals surface area contributed by atoms with Crippen LogP contribution in [0.15, 0.2) is 0 Å². The van der Waals surface area contributed by atoms with Gasteiger partial charge in [0.05, 0.1) is 6.61 Å². The van der Waals surface area contributed by atoms with Crippen LogP contribution in [0.5, 0.6) is 0 Å². The van der Waals surface area contributed by atoms with E-state index in [-0.39, 0.29) is 0 Å². The zero-order valence-electron chi connectivity index (χ0n) is 7.11. The van der Waals surface area contributed by atoms with Crippen molar-refractivity contribution in [3.05, 3.63) is 0 Å². The van der Waals surface area contributed by atoms with Crippen LogP contribution in [0.3, 0.4) is 0 Å². The third kappa shape index (κ3) is 1.64. The lowest BCUT2D eigenvalue weighted by atomic mass is 9.96. The van der Waals surface area contributed by atoms with Crippen molar-refractivity contribution in [3.8, 4) is 0 Å². The number of aliphatic hydroxyl groups excluding tert-OH is 3. The lowest BCUT2D eigenvalue weighted by Gasteiger charge is -2.48. The minimum absolute atomic E-state index is 0.665. The molecule has 8 heteroatoms. The Morgan fingerprint density at radius 2 is 1.86 bits per heavy atom. The van der Waals surface area contributed by atoms with Crippen molar-refractivity contribution >= 4 is 12.6 Å². The molecule has 5 atom stereocenters. The molecule has 1 saturated heterocycles. The van der Waals surface area contributed by atoms with Crippen LogP contribution in [0.2, 0.25) is 0 Å². The molecule has 0 unspecified atom stereocenters. The first kappa shape index (κ1) is 12.1. The monoisotopic (exact) mass is 227 g/mol. The van der Waals surface area contributed by atoms with Crippen LogP contribution in [-0.2, 0) is 4.74 Å². The third-order valence-electron chi connectivity index (χ3n) is 2.16. The van der Waals surface area contributed by atoms with Crippen molar-refractivity contribution < 1.29 is 30.3 Å². The van der Waals surface area contributed by atoms with Gasteiger partial charge < -0.3 is 30.3 Å². The Labute approximate surface area is 85.1 Å². The van der Waals surface area contributed by atoms with E-state index in [1.165, 1.54) is 0 Å². The highest BCUT2D eigenvalue weighted by molar-refractivity contribution is 7.81. The minimum Gasteiger partial charge on any atom is -0.394 e. The van der Waals surface area contributed by atoms with E-state index in [1.807, 2.05) is 0 Å². The number of ether oxygens (including phenoxy) is 1. The van der Waals surface area contributed by atoms with Crippen LogP contribution in [0.25, 0.3) is 0 Å². The SMILES string of the molecule is N[C@@]1(O)O[C@H](CO)[C@H](O)[C@H](O)[C@@]1(O)S. The Kier molecular flexibility index (Phi) is 3.10. The van der Waals surface area contributed by atoms with Gasteiger partial charge in [0, 0.05) is 0 Å². The Morgan fingerprint density at radius 1 is 1.36 bits per heavy atom. The molecule has 84 valence electrons. The molecule has 0 aliphatic carbocycles. The van der Waals surface area contributed by atoms with E-state index in [4.69, 9.17) is 10.8 Å². The first-order chi connectivity index (χ1) is 6.24. The van der Waals surface area contributed by atoms with Gasteiger partial charge in [-0.25, -0.2) is 0 Å². The molecule has 7 nitrogen and oxygen atoms in total. The van der Waals surface area contributed by atoms with Crippen LogP contribution >= 0.6 is 12.6 Å². The van der Waals surface area contributed by atoms with Crippen LogP contribution < -0.4 is 5.73 Å². The fraction of sp³-hybridized carbons (Fsp3) is 1.00. The normalized spacial score (nSPS) is 54.6. The number of aliphatic hydroxyl groups is 5. The molecule has 0 radical (unpaired) electrons. The van der Waals surface area contributed by atoms with Gasteiger partial charge in [0.15, 0.2) is 0 Å². The molecular weight excluding hydrogens is 214 g/mol. The molecule has 0 bridgehead atoms. The highest BCUT2D eigenvalue weighted by Gasteiger charge is 2.60. The van der Waals surface area contributed by atoms with E-state index in [0.717, 1.165) is 0 Å². The zero-order chi connectivity index (χ0) is 11.1. The van der Waals surface area contributed by atoms with E-state index in [1.54, 1.807) is 0 Å². The van der Waals surface area contributed by atoms with Crippen molar-refractivity contribution in [2.75, 3.05) is 6.61 Å². The van der Waals surface area contributed by atoms with E-state index in [2.05, 4.69) is 17.4 Å². The number of nitrogens with two attached hydrogens (primary N) is 1. The van der Waals surface area contributed by atoms with Crippen molar-refractivity contribution in [1.29, 1.82) is 0 Å². The third-order valence-corrected chi connectivity index (χ3v) is 2.74. The van der Waals surface area contributed by atoms with Gasteiger partial charge in [-0.15, -0.1) is 12.6 Å². The Morgan fingerprint density at radius 3 is 2.29 bits per heavy atom. The van der Waals surface area contributed by atoms with E-state index in [0.29, 0.717) is 0 Å². The number of hydrogen-bond acceptors (Lipinski definition) is 8. The fourth-order valence-electron chi connectivity index (χ4n) is 1.19. The summed E-state index contributed by atoms with van der Waals surface area (Å²) in [5, 5.41) is 46.1. The van der Waals surface area contributed by atoms with E-state index >= 15 is 0 Å². The lowest BCUT2D eigenvalue weighted by Crippen LogP contribution is -2.74. The molecule has 7 N–H and O–H groups in total. The summed E-state index contributed by atoms with van der Waals surface area (Å²) in [6.07, 6.45) is -4.72. The maximum atomic E-state index is 9.43. The standard InChI is InChI=1S/C6H13NO6S/c7-6(12)5(11,14)4(10)3(9)2(1-8)13-6/h2-4,8-12,14H,1,7H2/t2-,3+,4+,5-,6+/m1/s1. The van der Waals surface area contributed by atoms with Crippen molar-refractivity contribution in [1.82, 2.24) is 0 Å². The summed E-state index contributed by atoms with van der Waals surface area (Å²) < 4.78 is 4.57. The largest absolute Gasteiger partial charge is 0.394 e. The van der Waals surface area contributed by atoms with E-state index < -0.39 is 35.8 Å². The van der Waals surface area contributed by atoms with Crippen molar-refractivity contribution in [2.45, 2.75) is 29.2 Å². The van der Waals surface area contributed by atoms with Gasteiger partial charge in [-0.2, -0.15) is 0 Å². The molecule has 0 spiro atoms. The van der Waals surface area contributed by atoms with Crippen LogP contribution in [0.4, 0.5) is 0 Å². The molecule has 0 aromatic rings. The fourth-order valence-corrected chi connectivity index (χ4v) is 1.39. The zero-order valence-corrected chi connectivity index (χ0v) is 8.00. The summed E-state index contributed by atoms with van der Waals surface area (Å²) >= 11 is 3.50. The molecule has 0 saturated carbocycles. The second-order valence-corrected chi connectivity index (χ2v) is 3.88. The highest BCUT2D eigenvalue weighted by Crippen LogP contribution is 2.35. The number of rotatable bonds is 1. The molecular formula is C6H13NO6S. The predicted molar refractivity (Wildman–Crippen MR) is 47.0 cm³/mol. The van der Waals surface area contributed by atoms with Crippen LogP contribution in [0.1, 0.15) is 0 Å². The van der Waals surface area contributed by atoms with Crippen molar-refractivity contribution in [3.63, 3.8) is 0 Å². The second-order valence-electron chi connectivity index (χ2n) is 3.20. The number of hydrogen-bond donors (Lipinski definition) is 7. The lowest BCUT2D eigenvalue weighted by molar-refractivity contribution is -0.358. The smallest absolute Gasteiger partial charge is 0.265 e. The molecule has 1 aliphatic rings. The molecule has 1 heterocycles. The average Bonchev–Trinajstić information content (AvgIpc) is 2.09. The summed E-state index contributed by atoms with van der Waals surface area (Å²) in [7, 11) is 0. The van der Waals surface area contributed by atoms with Gasteiger partial charge in [-0.1, -0.05) is 0 Å². The van der Waals surface area contributed by atoms with Gasteiger partial charge in [0.25, 0.3) is 5.91 Å². The summed E-state index contributed by atoms with van der Waals surface area (Å²) in [5.41, 5.74) is 5.10. The first-order valence-corrected chi connectivity index (χ1v) is 4.29. The van der Waals surface area contributed by atoms with Gasteiger partial charge in [0.2, 0.25) is 4.93 Å². The molecule has 14 heavy (non-hydrogen) atoms. The van der Waals surface area contributed by atoms with Gasteiger partial charge in [-0.3, -0.25) is 5.73 Å². The molecule has 0 aromatic heterocycles.